The molecule has 0 saturated carbocycles. The zero-order valence-electron chi connectivity index (χ0n) is 11.4. The number of carbonyl (C=O) groups excluding carboxylic acids is 1. The molecule has 1 aliphatic rings. The van der Waals surface area contributed by atoms with Crippen molar-refractivity contribution < 1.29 is 9.90 Å². The van der Waals surface area contributed by atoms with Crippen LogP contribution in [0.2, 0.25) is 0 Å². The first-order chi connectivity index (χ1) is 8.99. The predicted molar refractivity (Wildman–Crippen MR) is 74.6 cm³/mol. The Morgan fingerprint density at radius 2 is 2.00 bits per heavy atom. The molecule has 5 heteroatoms. The Kier molecular flexibility index (Phi) is 3.95. The molecule has 5 nitrogen and oxygen atoms in total. The van der Waals surface area contributed by atoms with E-state index in [2.05, 4.69) is 19.3 Å². The first-order valence-corrected chi connectivity index (χ1v) is 6.67. The van der Waals surface area contributed by atoms with Gasteiger partial charge in [-0.05, 0) is 44.9 Å². The Morgan fingerprint density at radius 3 is 2.63 bits per heavy atom. The lowest BCUT2D eigenvalue weighted by atomic mass is 10.00. The molecule has 1 aromatic rings. The molecule has 2 rings (SSSR count). The largest absolute Gasteiger partial charge is 0.508 e. The number of amides is 1. The van der Waals surface area contributed by atoms with E-state index in [0.29, 0.717) is 23.3 Å². The second-order valence-electron chi connectivity index (χ2n) is 5.25. The van der Waals surface area contributed by atoms with Crippen LogP contribution in [0.15, 0.2) is 18.2 Å². The topological polar surface area (TPSA) is 78.6 Å². The van der Waals surface area contributed by atoms with Crippen LogP contribution in [-0.4, -0.2) is 28.1 Å². The van der Waals surface area contributed by atoms with Crippen LogP contribution in [0.25, 0.3) is 0 Å². The van der Waals surface area contributed by atoms with Crippen molar-refractivity contribution in [2.75, 3.05) is 5.73 Å². The van der Waals surface area contributed by atoms with Gasteiger partial charge in [0.15, 0.2) is 0 Å². The molecule has 1 saturated heterocycles. The molecule has 2 unspecified atom stereocenters. The number of hydrogen-bond acceptors (Lipinski definition) is 4. The van der Waals surface area contributed by atoms with E-state index in [1.807, 2.05) is 5.01 Å². The fourth-order valence-corrected chi connectivity index (χ4v) is 2.56. The third-order valence-corrected chi connectivity index (χ3v) is 3.71. The number of anilines is 1. The summed E-state index contributed by atoms with van der Waals surface area (Å²) >= 11 is 0. The Hall–Kier alpha value is -1.75. The molecule has 0 bridgehead atoms. The lowest BCUT2D eigenvalue weighted by molar-refractivity contribution is 0.0370. The second kappa shape index (κ2) is 5.48. The number of piperidine rings is 1. The Labute approximate surface area is 113 Å². The van der Waals surface area contributed by atoms with Crippen LogP contribution in [0, 0.1) is 0 Å². The lowest BCUT2D eigenvalue weighted by Gasteiger charge is -2.38. The molecule has 1 amide bonds. The van der Waals surface area contributed by atoms with Gasteiger partial charge in [0.25, 0.3) is 5.91 Å². The van der Waals surface area contributed by atoms with Gasteiger partial charge in [0.1, 0.15) is 5.75 Å². The number of hydrazine groups is 1. The van der Waals surface area contributed by atoms with Gasteiger partial charge in [0.2, 0.25) is 0 Å². The van der Waals surface area contributed by atoms with Gasteiger partial charge in [0, 0.05) is 17.8 Å². The Bertz CT molecular complexity index is 466. The van der Waals surface area contributed by atoms with Crippen LogP contribution in [-0.2, 0) is 0 Å². The van der Waals surface area contributed by atoms with Gasteiger partial charge in [-0.25, -0.2) is 5.01 Å². The molecule has 2 atom stereocenters. The van der Waals surface area contributed by atoms with Crippen molar-refractivity contribution >= 4 is 11.6 Å². The van der Waals surface area contributed by atoms with Gasteiger partial charge in [-0.15, -0.1) is 0 Å². The molecule has 1 fully saturated rings. The highest BCUT2D eigenvalue weighted by molar-refractivity contribution is 5.99. The van der Waals surface area contributed by atoms with E-state index in [1.54, 1.807) is 0 Å². The molecule has 4 N–H and O–H groups in total. The maximum absolute atomic E-state index is 12.2. The van der Waals surface area contributed by atoms with Gasteiger partial charge < -0.3 is 10.8 Å². The smallest absolute Gasteiger partial charge is 0.267 e. The number of benzene rings is 1. The van der Waals surface area contributed by atoms with Gasteiger partial charge in [-0.3, -0.25) is 10.2 Å². The molecule has 1 aromatic carbocycles. The number of nitrogen functional groups attached to an aromatic ring is 1. The van der Waals surface area contributed by atoms with Gasteiger partial charge >= 0.3 is 0 Å². The average Bonchev–Trinajstić information content (AvgIpc) is 2.37. The fraction of sp³-hybridized carbons (Fsp3) is 0.500. The van der Waals surface area contributed by atoms with E-state index in [-0.39, 0.29) is 11.7 Å². The number of carbonyl (C=O) groups is 1. The highest BCUT2D eigenvalue weighted by atomic mass is 16.3. The molecular weight excluding hydrogens is 242 g/mol. The van der Waals surface area contributed by atoms with Crippen molar-refractivity contribution in [2.45, 2.75) is 45.2 Å². The molecule has 0 aromatic heterocycles. The summed E-state index contributed by atoms with van der Waals surface area (Å²) in [5.74, 6) is -0.229. The maximum atomic E-state index is 12.2. The van der Waals surface area contributed by atoms with Crippen LogP contribution < -0.4 is 11.2 Å². The molecule has 0 spiro atoms. The summed E-state index contributed by atoms with van der Waals surface area (Å²) in [6.45, 7) is 4.20. The summed E-state index contributed by atoms with van der Waals surface area (Å²) in [6.07, 6.45) is 3.32. The summed E-state index contributed by atoms with van der Waals surface area (Å²) in [4.78, 5) is 12.2. The predicted octanol–water partition coefficient (Wildman–Crippen LogP) is 1.88. The SMILES string of the molecule is CC1CCCC(C)N1NC(=O)c1cc(O)ccc1N. The Balaban J connectivity index is 2.14. The van der Waals surface area contributed by atoms with E-state index in [0.717, 1.165) is 12.8 Å². The summed E-state index contributed by atoms with van der Waals surface area (Å²) in [7, 11) is 0. The van der Waals surface area contributed by atoms with Crippen molar-refractivity contribution in [2.24, 2.45) is 0 Å². The molecule has 0 radical (unpaired) electrons. The maximum Gasteiger partial charge on any atom is 0.267 e. The standard InChI is InChI=1S/C14H21N3O2/c1-9-4-3-5-10(2)17(9)16-14(19)12-8-11(18)6-7-13(12)15/h6-10,18H,3-5,15H2,1-2H3,(H,16,19). The van der Waals surface area contributed by atoms with E-state index in [9.17, 15) is 9.90 Å². The van der Waals surface area contributed by atoms with Crippen molar-refractivity contribution in [3.8, 4) is 5.75 Å². The summed E-state index contributed by atoms with van der Waals surface area (Å²) in [6, 6.07) is 5.02. The molecule has 104 valence electrons. The van der Waals surface area contributed by atoms with Gasteiger partial charge in [0.05, 0.1) is 5.56 Å². The van der Waals surface area contributed by atoms with Crippen LogP contribution in [0.1, 0.15) is 43.5 Å². The fourth-order valence-electron chi connectivity index (χ4n) is 2.56. The highest BCUT2D eigenvalue weighted by Gasteiger charge is 2.26. The summed E-state index contributed by atoms with van der Waals surface area (Å²) < 4.78 is 0. The highest BCUT2D eigenvalue weighted by Crippen LogP contribution is 2.22. The summed E-state index contributed by atoms with van der Waals surface area (Å²) in [5, 5.41) is 11.4. The van der Waals surface area contributed by atoms with Gasteiger partial charge in [-0.1, -0.05) is 6.42 Å². The minimum Gasteiger partial charge on any atom is -0.508 e. The zero-order valence-corrected chi connectivity index (χ0v) is 11.4. The number of phenols is 1. The third-order valence-electron chi connectivity index (χ3n) is 3.71. The number of rotatable bonds is 2. The van der Waals surface area contributed by atoms with Gasteiger partial charge in [-0.2, -0.15) is 0 Å². The third kappa shape index (κ3) is 2.98. The normalized spacial score (nSPS) is 24.1. The van der Waals surface area contributed by atoms with Crippen LogP contribution >= 0.6 is 0 Å². The van der Waals surface area contributed by atoms with E-state index >= 15 is 0 Å². The Morgan fingerprint density at radius 1 is 1.37 bits per heavy atom. The van der Waals surface area contributed by atoms with Crippen molar-refractivity contribution in [3.63, 3.8) is 0 Å². The first kappa shape index (κ1) is 13.7. The van der Waals surface area contributed by atoms with Crippen LogP contribution in [0.5, 0.6) is 5.75 Å². The minimum absolute atomic E-state index is 0.0408. The van der Waals surface area contributed by atoms with Crippen molar-refractivity contribution in [1.82, 2.24) is 10.4 Å². The number of nitrogens with zero attached hydrogens (tertiary/aromatic N) is 1. The van der Waals surface area contributed by atoms with E-state index in [4.69, 9.17) is 5.73 Å². The zero-order chi connectivity index (χ0) is 14.0. The molecular formula is C14H21N3O2. The van der Waals surface area contributed by atoms with E-state index in [1.165, 1.54) is 24.6 Å². The van der Waals surface area contributed by atoms with Crippen molar-refractivity contribution in [1.29, 1.82) is 0 Å². The average molecular weight is 263 g/mol. The number of phenolic OH excluding ortho intramolecular Hbond substituents is 1. The monoisotopic (exact) mass is 263 g/mol. The molecule has 1 heterocycles. The molecule has 1 aliphatic heterocycles. The van der Waals surface area contributed by atoms with E-state index < -0.39 is 0 Å². The number of hydrogen-bond donors (Lipinski definition) is 3. The van der Waals surface area contributed by atoms with Crippen molar-refractivity contribution in [3.05, 3.63) is 23.8 Å². The second-order valence-corrected chi connectivity index (χ2v) is 5.25. The number of nitrogens with two attached hydrogens (primary N) is 1. The van der Waals surface area contributed by atoms with Crippen LogP contribution in [0.3, 0.4) is 0 Å². The lowest BCUT2D eigenvalue weighted by Crippen LogP contribution is -2.54. The summed E-state index contributed by atoms with van der Waals surface area (Å²) in [5.41, 5.74) is 9.36. The molecule has 19 heavy (non-hydrogen) atoms. The quantitative estimate of drug-likeness (QED) is 0.562. The number of nitrogens with one attached hydrogen (secondary N) is 1. The van der Waals surface area contributed by atoms with Crippen LogP contribution in [0.4, 0.5) is 5.69 Å². The first-order valence-electron chi connectivity index (χ1n) is 6.67. The number of aromatic hydroxyl groups is 1. The molecule has 0 aliphatic carbocycles. The minimum atomic E-state index is -0.269.